The third kappa shape index (κ3) is 5.27. The van der Waals surface area contributed by atoms with Crippen molar-refractivity contribution in [3.05, 3.63) is 86.2 Å². The van der Waals surface area contributed by atoms with Crippen molar-refractivity contribution in [1.82, 2.24) is 4.90 Å². The molecule has 0 fully saturated rings. The number of rotatable bonds is 10. The van der Waals surface area contributed by atoms with Gasteiger partial charge in [-0.3, -0.25) is 9.59 Å². The fourth-order valence-electron chi connectivity index (χ4n) is 3.52. The van der Waals surface area contributed by atoms with Crippen molar-refractivity contribution in [2.75, 3.05) is 31.3 Å². The first-order valence-corrected chi connectivity index (χ1v) is 10.2. The Hall–Kier alpha value is -3.12. The van der Waals surface area contributed by atoms with Gasteiger partial charge in [0.15, 0.2) is 0 Å². The number of phenolic OH excluding ortho intramolecular Hbond substituents is 1. The first-order chi connectivity index (χ1) is 14.3. The number of nitrogens with one attached hydrogen (secondary N) is 2. The molecule has 0 spiro atoms. The molecule has 0 aliphatic heterocycles. The maximum absolute atomic E-state index is 12.1. The van der Waals surface area contributed by atoms with Crippen LogP contribution < -0.4 is 21.5 Å². The van der Waals surface area contributed by atoms with Gasteiger partial charge >= 0.3 is 0 Å². The highest BCUT2D eigenvalue weighted by molar-refractivity contribution is 5.74. The maximum atomic E-state index is 12.1. The number of aromatic hydroxyl groups is 1. The minimum atomic E-state index is -0.466. The number of benzene rings is 2. The van der Waals surface area contributed by atoms with Gasteiger partial charge in [-0.1, -0.05) is 42.5 Å². The molecule has 0 heterocycles. The van der Waals surface area contributed by atoms with Gasteiger partial charge in [-0.2, -0.15) is 0 Å². The molecule has 0 aromatic heterocycles. The van der Waals surface area contributed by atoms with Gasteiger partial charge in [-0.25, -0.2) is 0 Å². The minimum Gasteiger partial charge on any atom is -0.508 e. The van der Waals surface area contributed by atoms with E-state index in [0.717, 1.165) is 18.4 Å². The van der Waals surface area contributed by atoms with E-state index in [1.807, 2.05) is 63.5 Å². The van der Waals surface area contributed by atoms with Gasteiger partial charge in [0.05, 0.1) is 0 Å². The van der Waals surface area contributed by atoms with E-state index < -0.39 is 10.9 Å². The Balaban J connectivity index is 1.63. The lowest BCUT2D eigenvalue weighted by molar-refractivity contribution is 0.303. The van der Waals surface area contributed by atoms with Crippen LogP contribution in [0.2, 0.25) is 0 Å². The first kappa shape index (κ1) is 21.6. The van der Waals surface area contributed by atoms with Crippen molar-refractivity contribution in [3.63, 3.8) is 0 Å². The fourth-order valence-corrected chi connectivity index (χ4v) is 3.52. The molecule has 3 aromatic rings. The van der Waals surface area contributed by atoms with Crippen molar-refractivity contribution in [2.24, 2.45) is 0 Å². The summed E-state index contributed by atoms with van der Waals surface area (Å²) >= 11 is 0. The van der Waals surface area contributed by atoms with E-state index in [1.54, 1.807) is 12.1 Å². The van der Waals surface area contributed by atoms with Crippen molar-refractivity contribution in [1.29, 1.82) is 0 Å². The van der Waals surface area contributed by atoms with Crippen LogP contribution in [0.3, 0.4) is 0 Å². The molecule has 0 amide bonds. The average molecular weight is 408 g/mol. The normalized spacial score (nSPS) is 13.3. The Bertz CT molecular complexity index is 1020. The highest BCUT2D eigenvalue weighted by Gasteiger charge is 2.23. The first-order valence-electron chi connectivity index (χ1n) is 10.2. The second-order valence-corrected chi connectivity index (χ2v) is 8.01. The van der Waals surface area contributed by atoms with Crippen LogP contribution in [0.5, 0.6) is 5.75 Å². The molecule has 30 heavy (non-hydrogen) atoms. The lowest BCUT2D eigenvalue weighted by Crippen LogP contribution is -2.43. The van der Waals surface area contributed by atoms with Crippen LogP contribution >= 0.6 is 0 Å². The summed E-state index contributed by atoms with van der Waals surface area (Å²) in [6.07, 6.45) is 1.52. The van der Waals surface area contributed by atoms with Crippen LogP contribution in [0.4, 0.5) is 11.4 Å². The zero-order valence-electron chi connectivity index (χ0n) is 17.7. The van der Waals surface area contributed by atoms with E-state index in [2.05, 4.69) is 15.5 Å². The molecule has 3 N–H and O–H groups in total. The van der Waals surface area contributed by atoms with Crippen LogP contribution in [0.15, 0.2) is 64.2 Å². The molecule has 0 radical (unpaired) electrons. The molecular weight excluding hydrogens is 378 g/mol. The Morgan fingerprint density at radius 3 is 2.10 bits per heavy atom. The van der Waals surface area contributed by atoms with Gasteiger partial charge in [0, 0.05) is 18.6 Å². The van der Waals surface area contributed by atoms with Gasteiger partial charge < -0.3 is 20.6 Å². The lowest BCUT2D eigenvalue weighted by Gasteiger charge is -2.26. The van der Waals surface area contributed by atoms with Gasteiger partial charge in [0.1, 0.15) is 17.1 Å². The molecule has 158 valence electrons. The molecular formula is C24H29N3O3. The summed E-state index contributed by atoms with van der Waals surface area (Å²) in [7, 11) is 3.96. The van der Waals surface area contributed by atoms with E-state index in [9.17, 15) is 14.7 Å². The number of hydrogen-bond acceptors (Lipinski definition) is 6. The van der Waals surface area contributed by atoms with Gasteiger partial charge in [0.25, 0.3) is 10.9 Å². The molecule has 0 aliphatic rings. The average Bonchev–Trinajstić information content (AvgIpc) is 2.73. The zero-order valence-corrected chi connectivity index (χ0v) is 17.7. The van der Waals surface area contributed by atoms with Crippen LogP contribution in [-0.4, -0.2) is 42.7 Å². The molecule has 6 nitrogen and oxygen atoms in total. The number of phenols is 1. The Labute approximate surface area is 176 Å². The highest BCUT2D eigenvalue weighted by Crippen LogP contribution is 2.18. The molecule has 0 bridgehead atoms. The molecule has 3 rings (SSSR count). The summed E-state index contributed by atoms with van der Waals surface area (Å²) in [5.41, 5.74) is 2.09. The molecule has 2 atom stereocenters. The quantitative estimate of drug-likeness (QED) is 0.448. The van der Waals surface area contributed by atoms with E-state index in [0.29, 0.717) is 17.9 Å². The molecule has 0 aliphatic carbocycles. The highest BCUT2D eigenvalue weighted by atomic mass is 16.3. The standard InChI is InChI=1S/C24H29N3O3/c1-16(13-17-7-5-4-6-8-17)26-22-21(23(29)24(22)30)25-15-19(27(2)3)14-18-9-11-20(28)12-10-18/h4-12,16,19,25-26,28H,13-15H2,1-3H3/t16-,19+/m0/s1. The van der Waals surface area contributed by atoms with Crippen LogP contribution in [0.1, 0.15) is 18.1 Å². The van der Waals surface area contributed by atoms with Crippen molar-refractivity contribution >= 4 is 11.4 Å². The summed E-state index contributed by atoms with van der Waals surface area (Å²) < 4.78 is 0. The van der Waals surface area contributed by atoms with Crippen molar-refractivity contribution in [2.45, 2.75) is 31.8 Å². The summed E-state index contributed by atoms with van der Waals surface area (Å²) in [5, 5.41) is 15.9. The second kappa shape index (κ2) is 9.59. The largest absolute Gasteiger partial charge is 0.508 e. The summed E-state index contributed by atoms with van der Waals surface area (Å²) in [6.45, 7) is 2.53. The van der Waals surface area contributed by atoms with Crippen LogP contribution in [0.25, 0.3) is 0 Å². The topological polar surface area (TPSA) is 81.7 Å². The number of nitrogens with zero attached hydrogens (tertiary/aromatic N) is 1. The summed E-state index contributed by atoms with van der Waals surface area (Å²) in [5.74, 6) is 0.238. The molecule has 0 unspecified atom stereocenters. The Kier molecular flexibility index (Phi) is 6.90. The monoisotopic (exact) mass is 407 g/mol. The van der Waals surface area contributed by atoms with E-state index in [-0.39, 0.29) is 17.8 Å². The van der Waals surface area contributed by atoms with Gasteiger partial charge in [-0.15, -0.1) is 0 Å². The predicted octanol–water partition coefficient (Wildman–Crippen LogP) is 2.62. The Morgan fingerprint density at radius 2 is 1.47 bits per heavy atom. The van der Waals surface area contributed by atoms with Gasteiger partial charge in [0.2, 0.25) is 0 Å². The Morgan fingerprint density at radius 1 is 0.867 bits per heavy atom. The third-order valence-electron chi connectivity index (χ3n) is 5.34. The smallest absolute Gasteiger partial charge is 0.253 e. The third-order valence-corrected chi connectivity index (χ3v) is 5.34. The van der Waals surface area contributed by atoms with Crippen LogP contribution in [0, 0.1) is 0 Å². The van der Waals surface area contributed by atoms with Crippen molar-refractivity contribution in [3.8, 4) is 5.75 Å². The summed E-state index contributed by atoms with van der Waals surface area (Å²) in [6, 6.07) is 17.3. The molecule has 3 aromatic carbocycles. The number of hydrogen-bond donors (Lipinski definition) is 3. The fraction of sp³-hybridized carbons (Fsp3) is 0.333. The van der Waals surface area contributed by atoms with E-state index >= 15 is 0 Å². The number of likely N-dealkylation sites (N-methyl/N-ethyl adjacent to an activating group) is 1. The van der Waals surface area contributed by atoms with E-state index in [4.69, 9.17) is 0 Å². The lowest BCUT2D eigenvalue weighted by atomic mass is 10.0. The van der Waals surface area contributed by atoms with Crippen LogP contribution in [-0.2, 0) is 12.8 Å². The van der Waals surface area contributed by atoms with Crippen molar-refractivity contribution < 1.29 is 5.11 Å². The zero-order chi connectivity index (χ0) is 21.7. The maximum Gasteiger partial charge on any atom is 0.253 e. The predicted molar refractivity (Wildman–Crippen MR) is 122 cm³/mol. The van der Waals surface area contributed by atoms with Gasteiger partial charge in [-0.05, 0) is 57.1 Å². The minimum absolute atomic E-state index is 0.0258. The molecule has 0 saturated heterocycles. The number of anilines is 2. The molecule has 6 heteroatoms. The SMILES string of the molecule is C[C@@H](Cc1ccccc1)Nc1c(NC[C@@H](Cc2ccc(O)cc2)N(C)C)c(=O)c1=O. The van der Waals surface area contributed by atoms with E-state index in [1.165, 1.54) is 5.56 Å². The second-order valence-electron chi connectivity index (χ2n) is 8.01. The molecule has 0 saturated carbocycles. The summed E-state index contributed by atoms with van der Waals surface area (Å²) in [4.78, 5) is 26.3.